The number of benzene rings is 2. The Bertz CT molecular complexity index is 1150. The van der Waals surface area contributed by atoms with Crippen molar-refractivity contribution in [3.05, 3.63) is 71.0 Å². The monoisotopic (exact) mass is 474 g/mol. The lowest BCUT2D eigenvalue weighted by Gasteiger charge is -2.22. The zero-order valence-corrected chi connectivity index (χ0v) is 20.8. The first-order valence-electron chi connectivity index (χ1n) is 12.5. The van der Waals surface area contributed by atoms with Gasteiger partial charge in [-0.05, 0) is 37.3 Å². The molecule has 1 fully saturated rings. The summed E-state index contributed by atoms with van der Waals surface area (Å²) in [4.78, 5) is 30.4. The zero-order valence-electron chi connectivity index (χ0n) is 20.8. The summed E-state index contributed by atoms with van der Waals surface area (Å²) in [6.07, 6.45) is 2.55. The highest BCUT2D eigenvalue weighted by molar-refractivity contribution is 6.00. The van der Waals surface area contributed by atoms with E-state index in [9.17, 15) is 9.59 Å². The van der Waals surface area contributed by atoms with Gasteiger partial charge in [-0.3, -0.25) is 14.5 Å². The molecular formula is C28H34N4O3. The van der Waals surface area contributed by atoms with Crippen molar-refractivity contribution in [3.63, 3.8) is 0 Å². The highest BCUT2D eigenvalue weighted by Crippen LogP contribution is 2.27. The molecule has 1 aromatic heterocycles. The van der Waals surface area contributed by atoms with Crippen molar-refractivity contribution in [1.82, 2.24) is 15.0 Å². The zero-order chi connectivity index (χ0) is 24.8. The minimum Gasteiger partial charge on any atom is -0.360 e. The molecule has 184 valence electrons. The predicted octanol–water partition coefficient (Wildman–Crippen LogP) is 4.56. The average molecular weight is 475 g/mol. The van der Waals surface area contributed by atoms with Gasteiger partial charge < -0.3 is 14.7 Å². The van der Waals surface area contributed by atoms with E-state index in [1.807, 2.05) is 41.3 Å². The highest BCUT2D eigenvalue weighted by Gasteiger charge is 2.28. The number of hydrogen-bond donors (Lipinski definition) is 1. The van der Waals surface area contributed by atoms with Crippen molar-refractivity contribution in [3.8, 4) is 11.3 Å². The van der Waals surface area contributed by atoms with Crippen molar-refractivity contribution in [2.45, 2.75) is 40.0 Å². The Morgan fingerprint density at radius 3 is 2.34 bits per heavy atom. The van der Waals surface area contributed by atoms with E-state index in [2.05, 4.69) is 41.4 Å². The van der Waals surface area contributed by atoms with Gasteiger partial charge in [-0.15, -0.1) is 0 Å². The van der Waals surface area contributed by atoms with Gasteiger partial charge in [0.25, 0.3) is 5.91 Å². The maximum Gasteiger partial charge on any atom is 0.259 e. The normalized spacial score (nSPS) is 14.5. The van der Waals surface area contributed by atoms with Crippen LogP contribution in [0.25, 0.3) is 11.3 Å². The Morgan fingerprint density at radius 2 is 1.66 bits per heavy atom. The maximum atomic E-state index is 13.5. The molecule has 4 rings (SSSR count). The van der Waals surface area contributed by atoms with Gasteiger partial charge in [0, 0.05) is 37.4 Å². The molecule has 0 unspecified atom stereocenters. The van der Waals surface area contributed by atoms with Crippen molar-refractivity contribution in [2.24, 2.45) is 0 Å². The molecule has 0 spiro atoms. The molecule has 0 bridgehead atoms. The number of anilines is 1. The highest BCUT2D eigenvalue weighted by atomic mass is 16.5. The van der Waals surface area contributed by atoms with E-state index in [-0.39, 0.29) is 11.8 Å². The molecule has 7 heteroatoms. The molecule has 7 nitrogen and oxygen atoms in total. The number of carbonyl (C=O) groups is 2. The topological polar surface area (TPSA) is 78.7 Å². The van der Waals surface area contributed by atoms with E-state index in [4.69, 9.17) is 4.52 Å². The van der Waals surface area contributed by atoms with Crippen LogP contribution in [-0.2, 0) is 17.6 Å². The molecule has 0 saturated carbocycles. The Labute approximate surface area is 207 Å². The van der Waals surface area contributed by atoms with Gasteiger partial charge in [0.15, 0.2) is 0 Å². The van der Waals surface area contributed by atoms with E-state index >= 15 is 0 Å². The van der Waals surface area contributed by atoms with Crippen LogP contribution in [0.1, 0.15) is 47.5 Å². The summed E-state index contributed by atoms with van der Waals surface area (Å²) in [6.45, 7) is 8.88. The molecule has 35 heavy (non-hydrogen) atoms. The summed E-state index contributed by atoms with van der Waals surface area (Å²) in [7, 11) is 0. The molecule has 2 amide bonds. The minimum absolute atomic E-state index is 0.0124. The molecule has 0 radical (unpaired) electrons. The lowest BCUT2D eigenvalue weighted by atomic mass is 10.0. The second-order valence-corrected chi connectivity index (χ2v) is 8.96. The molecule has 1 aliphatic rings. The van der Waals surface area contributed by atoms with Gasteiger partial charge >= 0.3 is 0 Å². The van der Waals surface area contributed by atoms with Crippen molar-refractivity contribution in [2.75, 3.05) is 38.0 Å². The van der Waals surface area contributed by atoms with E-state index in [1.165, 1.54) is 0 Å². The summed E-state index contributed by atoms with van der Waals surface area (Å²) in [6, 6.07) is 15.8. The van der Waals surface area contributed by atoms with Crippen LogP contribution in [-0.4, -0.2) is 59.5 Å². The number of aromatic nitrogens is 1. The van der Waals surface area contributed by atoms with Crippen LogP contribution in [0.3, 0.4) is 0 Å². The third-order valence-corrected chi connectivity index (χ3v) is 6.63. The smallest absolute Gasteiger partial charge is 0.259 e. The number of carbonyl (C=O) groups excluding carboxylic acids is 2. The quantitative estimate of drug-likeness (QED) is 0.543. The summed E-state index contributed by atoms with van der Waals surface area (Å²) >= 11 is 0. The fraction of sp³-hybridized carbons (Fsp3) is 0.393. The van der Waals surface area contributed by atoms with Gasteiger partial charge in [0.1, 0.15) is 17.0 Å². The van der Waals surface area contributed by atoms with Crippen LogP contribution in [0.2, 0.25) is 0 Å². The van der Waals surface area contributed by atoms with Crippen LogP contribution < -0.4 is 5.32 Å². The van der Waals surface area contributed by atoms with Gasteiger partial charge in [-0.25, -0.2) is 0 Å². The maximum absolute atomic E-state index is 13.5. The number of para-hydroxylation sites is 1. The summed E-state index contributed by atoms with van der Waals surface area (Å²) in [5.41, 5.74) is 5.22. The van der Waals surface area contributed by atoms with Gasteiger partial charge in [0.2, 0.25) is 5.91 Å². The number of nitrogens with one attached hydrogen (secondary N) is 1. The first-order valence-corrected chi connectivity index (χ1v) is 12.5. The summed E-state index contributed by atoms with van der Waals surface area (Å²) in [5, 5.41) is 7.32. The molecule has 3 aromatic rings. The first kappa shape index (κ1) is 24.7. The molecule has 2 aromatic carbocycles. The molecule has 0 aliphatic carbocycles. The molecular weight excluding hydrogens is 440 g/mol. The third kappa shape index (κ3) is 5.62. The summed E-state index contributed by atoms with van der Waals surface area (Å²) < 4.78 is 5.40. The van der Waals surface area contributed by atoms with E-state index < -0.39 is 0 Å². The van der Waals surface area contributed by atoms with E-state index in [0.29, 0.717) is 43.2 Å². The molecule has 0 atom stereocenters. The van der Waals surface area contributed by atoms with Crippen LogP contribution >= 0.6 is 0 Å². The molecule has 1 N–H and O–H groups in total. The van der Waals surface area contributed by atoms with E-state index in [0.717, 1.165) is 48.2 Å². The van der Waals surface area contributed by atoms with Crippen LogP contribution in [0.4, 0.5) is 5.69 Å². The van der Waals surface area contributed by atoms with Crippen LogP contribution in [0.5, 0.6) is 0 Å². The number of nitrogens with zero attached hydrogens (tertiary/aromatic N) is 3. The van der Waals surface area contributed by atoms with E-state index in [1.54, 1.807) is 6.92 Å². The van der Waals surface area contributed by atoms with Gasteiger partial charge in [-0.2, -0.15) is 0 Å². The lowest BCUT2D eigenvalue weighted by Crippen LogP contribution is -2.38. The number of rotatable bonds is 7. The summed E-state index contributed by atoms with van der Waals surface area (Å²) in [5.74, 6) is 0.440. The minimum atomic E-state index is -0.0710. The van der Waals surface area contributed by atoms with Crippen LogP contribution in [0.15, 0.2) is 53.1 Å². The standard InChI is InChI=1S/C28H34N4O3/c1-4-21-13-9-14-22(5-2)26(21)29-24(33)19-31-15-10-16-32(18-17-31)28(34)25-20(3)35-30-27(25)23-11-7-6-8-12-23/h6-9,11-14H,4-5,10,15-19H2,1-3H3,(H,29,33). The molecule has 2 heterocycles. The Hall–Kier alpha value is -3.45. The van der Waals surface area contributed by atoms with Gasteiger partial charge in [0.05, 0.1) is 6.54 Å². The molecule has 1 saturated heterocycles. The Morgan fingerprint density at radius 1 is 0.943 bits per heavy atom. The second kappa shape index (κ2) is 11.3. The predicted molar refractivity (Wildman–Crippen MR) is 137 cm³/mol. The fourth-order valence-corrected chi connectivity index (χ4v) is 4.69. The number of hydrogen-bond acceptors (Lipinski definition) is 5. The first-order chi connectivity index (χ1) is 17.0. The van der Waals surface area contributed by atoms with Crippen LogP contribution in [0, 0.1) is 6.92 Å². The second-order valence-electron chi connectivity index (χ2n) is 8.96. The number of amides is 2. The SMILES string of the molecule is CCc1cccc(CC)c1NC(=O)CN1CCCN(C(=O)c2c(-c3ccccc3)noc2C)CC1. The average Bonchev–Trinajstić information content (AvgIpc) is 3.11. The lowest BCUT2D eigenvalue weighted by molar-refractivity contribution is -0.117. The third-order valence-electron chi connectivity index (χ3n) is 6.63. The number of aryl methyl sites for hydroxylation is 3. The van der Waals surface area contributed by atoms with Crippen molar-refractivity contribution in [1.29, 1.82) is 0 Å². The van der Waals surface area contributed by atoms with Crippen molar-refractivity contribution < 1.29 is 14.1 Å². The van der Waals surface area contributed by atoms with Gasteiger partial charge in [-0.1, -0.05) is 67.5 Å². The largest absolute Gasteiger partial charge is 0.360 e. The van der Waals surface area contributed by atoms with Crippen molar-refractivity contribution >= 4 is 17.5 Å². The Balaban J connectivity index is 1.41. The molecule has 1 aliphatic heterocycles. The fourth-order valence-electron chi connectivity index (χ4n) is 4.69. The Kier molecular flexibility index (Phi) is 7.98.